The van der Waals surface area contributed by atoms with Crippen LogP contribution < -0.4 is 0 Å². The zero-order valence-corrected chi connectivity index (χ0v) is 13.9. The average Bonchev–Trinajstić information content (AvgIpc) is 2.83. The van der Waals surface area contributed by atoms with Gasteiger partial charge < -0.3 is 5.11 Å². The van der Waals surface area contributed by atoms with E-state index in [1.165, 1.54) is 57.8 Å². The highest BCUT2D eigenvalue weighted by Crippen LogP contribution is 2.66. The standard InChI is InChI=1S/C20H32O/c1-19-11-4-3-5-14(19)6-8-16-17-9-7-15(13-21)20(17,2)12-10-18(16)19/h5,15-18,21H,3-4,6-13H2,1-2H3/t15?,16-,17-,18+,19-,20+/m0/s1. The first-order chi connectivity index (χ1) is 10.1. The van der Waals surface area contributed by atoms with E-state index in [1.54, 1.807) is 0 Å². The van der Waals surface area contributed by atoms with Crippen molar-refractivity contribution in [1.82, 2.24) is 0 Å². The van der Waals surface area contributed by atoms with Gasteiger partial charge in [-0.2, -0.15) is 0 Å². The summed E-state index contributed by atoms with van der Waals surface area (Å²) in [5, 5.41) is 9.80. The lowest BCUT2D eigenvalue weighted by atomic mass is 9.47. The molecule has 0 amide bonds. The molecule has 0 radical (unpaired) electrons. The Balaban J connectivity index is 1.66. The summed E-state index contributed by atoms with van der Waals surface area (Å²) in [6, 6.07) is 0. The minimum Gasteiger partial charge on any atom is -0.396 e. The van der Waals surface area contributed by atoms with Gasteiger partial charge in [0.15, 0.2) is 0 Å². The van der Waals surface area contributed by atoms with Crippen molar-refractivity contribution < 1.29 is 5.11 Å². The molecule has 0 heterocycles. The molecule has 3 saturated carbocycles. The number of aliphatic hydroxyl groups excluding tert-OH is 1. The van der Waals surface area contributed by atoms with E-state index in [0.29, 0.717) is 23.4 Å². The predicted octanol–water partition coefficient (Wildman–Crippen LogP) is 4.95. The zero-order valence-electron chi connectivity index (χ0n) is 13.9. The van der Waals surface area contributed by atoms with Crippen LogP contribution in [0.25, 0.3) is 0 Å². The summed E-state index contributed by atoms with van der Waals surface area (Å²) in [4.78, 5) is 0. The maximum atomic E-state index is 9.80. The molecule has 1 N–H and O–H groups in total. The van der Waals surface area contributed by atoms with E-state index in [2.05, 4.69) is 19.9 Å². The molecule has 0 spiro atoms. The normalized spacial score (nSPS) is 52.6. The van der Waals surface area contributed by atoms with Crippen LogP contribution in [-0.4, -0.2) is 11.7 Å². The summed E-state index contributed by atoms with van der Waals surface area (Å²) in [5.74, 6) is 3.36. The van der Waals surface area contributed by atoms with Gasteiger partial charge in [-0.15, -0.1) is 0 Å². The van der Waals surface area contributed by atoms with Crippen LogP contribution in [0.15, 0.2) is 11.6 Å². The number of rotatable bonds is 1. The summed E-state index contributed by atoms with van der Waals surface area (Å²) in [7, 11) is 0. The Morgan fingerprint density at radius 1 is 1.10 bits per heavy atom. The van der Waals surface area contributed by atoms with E-state index < -0.39 is 0 Å². The van der Waals surface area contributed by atoms with Crippen molar-refractivity contribution in [2.24, 2.45) is 34.5 Å². The van der Waals surface area contributed by atoms with Crippen molar-refractivity contribution in [3.8, 4) is 0 Å². The second kappa shape index (κ2) is 4.85. The Morgan fingerprint density at radius 3 is 2.76 bits per heavy atom. The monoisotopic (exact) mass is 288 g/mol. The molecule has 0 aromatic carbocycles. The van der Waals surface area contributed by atoms with Crippen LogP contribution in [0.1, 0.15) is 71.6 Å². The molecule has 0 aromatic heterocycles. The SMILES string of the molecule is C[C@]12CCCC=C1CC[C@@H]1[C@H]2CC[C@]2(C)C(CO)CC[C@@H]12. The lowest BCUT2D eigenvalue weighted by Gasteiger charge is -2.58. The molecule has 1 heteroatoms. The fraction of sp³-hybridized carbons (Fsp3) is 0.900. The molecule has 0 aliphatic heterocycles. The summed E-state index contributed by atoms with van der Waals surface area (Å²) >= 11 is 0. The third-order valence-electron chi connectivity index (χ3n) is 8.44. The Bertz CT molecular complexity index is 453. The molecule has 1 unspecified atom stereocenters. The molecule has 118 valence electrons. The van der Waals surface area contributed by atoms with Crippen LogP contribution in [0.2, 0.25) is 0 Å². The third kappa shape index (κ3) is 1.85. The van der Waals surface area contributed by atoms with Gasteiger partial charge in [-0.25, -0.2) is 0 Å². The van der Waals surface area contributed by atoms with Gasteiger partial charge >= 0.3 is 0 Å². The van der Waals surface area contributed by atoms with E-state index in [9.17, 15) is 5.11 Å². The summed E-state index contributed by atoms with van der Waals surface area (Å²) < 4.78 is 0. The molecule has 4 aliphatic rings. The Labute approximate surface area is 130 Å². The summed E-state index contributed by atoms with van der Waals surface area (Å²) in [6.07, 6.45) is 15.0. The van der Waals surface area contributed by atoms with Gasteiger partial charge in [-0.3, -0.25) is 0 Å². The number of hydrogen-bond donors (Lipinski definition) is 1. The fourth-order valence-electron chi connectivity index (χ4n) is 7.16. The predicted molar refractivity (Wildman–Crippen MR) is 86.9 cm³/mol. The Hall–Kier alpha value is -0.300. The second-order valence-corrected chi connectivity index (χ2v) is 8.96. The molecule has 3 fully saturated rings. The van der Waals surface area contributed by atoms with Crippen LogP contribution in [0.4, 0.5) is 0 Å². The second-order valence-electron chi connectivity index (χ2n) is 8.96. The molecule has 4 rings (SSSR count). The lowest BCUT2D eigenvalue weighted by Crippen LogP contribution is -2.50. The minimum absolute atomic E-state index is 0.423. The molecule has 21 heavy (non-hydrogen) atoms. The average molecular weight is 288 g/mol. The molecular weight excluding hydrogens is 256 g/mol. The zero-order chi connectivity index (χ0) is 14.7. The van der Waals surface area contributed by atoms with Gasteiger partial charge in [0.2, 0.25) is 0 Å². The van der Waals surface area contributed by atoms with Crippen molar-refractivity contribution >= 4 is 0 Å². The molecule has 0 bridgehead atoms. The molecular formula is C20H32O. The van der Waals surface area contributed by atoms with E-state index >= 15 is 0 Å². The highest BCUT2D eigenvalue weighted by molar-refractivity contribution is 5.23. The highest BCUT2D eigenvalue weighted by atomic mass is 16.3. The van der Waals surface area contributed by atoms with Crippen molar-refractivity contribution in [3.05, 3.63) is 11.6 Å². The Morgan fingerprint density at radius 2 is 1.95 bits per heavy atom. The first-order valence-corrected chi connectivity index (χ1v) is 9.40. The van der Waals surface area contributed by atoms with Crippen molar-refractivity contribution in [3.63, 3.8) is 0 Å². The van der Waals surface area contributed by atoms with Crippen LogP contribution >= 0.6 is 0 Å². The summed E-state index contributed by atoms with van der Waals surface area (Å²) in [5.41, 5.74) is 2.79. The topological polar surface area (TPSA) is 20.2 Å². The van der Waals surface area contributed by atoms with Crippen molar-refractivity contribution in [2.45, 2.75) is 71.6 Å². The van der Waals surface area contributed by atoms with E-state index in [-0.39, 0.29) is 0 Å². The quantitative estimate of drug-likeness (QED) is 0.677. The summed E-state index contributed by atoms with van der Waals surface area (Å²) in [6.45, 7) is 5.53. The maximum Gasteiger partial charge on any atom is 0.0464 e. The fourth-order valence-corrected chi connectivity index (χ4v) is 7.16. The number of allylic oxidation sites excluding steroid dienone is 2. The van der Waals surface area contributed by atoms with Crippen LogP contribution in [0.5, 0.6) is 0 Å². The van der Waals surface area contributed by atoms with E-state index in [0.717, 1.165) is 17.8 Å². The van der Waals surface area contributed by atoms with Crippen molar-refractivity contribution in [2.75, 3.05) is 6.61 Å². The van der Waals surface area contributed by atoms with Crippen LogP contribution in [-0.2, 0) is 0 Å². The van der Waals surface area contributed by atoms with Crippen LogP contribution in [0.3, 0.4) is 0 Å². The lowest BCUT2D eigenvalue weighted by molar-refractivity contribution is -0.0580. The van der Waals surface area contributed by atoms with Gasteiger partial charge in [-0.05, 0) is 92.3 Å². The number of fused-ring (bicyclic) bond motifs is 5. The molecule has 6 atom stereocenters. The van der Waals surface area contributed by atoms with E-state index in [4.69, 9.17) is 0 Å². The van der Waals surface area contributed by atoms with Gasteiger partial charge in [-0.1, -0.05) is 25.5 Å². The van der Waals surface area contributed by atoms with Crippen LogP contribution in [0, 0.1) is 34.5 Å². The Kier molecular flexibility index (Phi) is 3.30. The molecule has 1 nitrogen and oxygen atoms in total. The molecule has 0 aromatic rings. The smallest absolute Gasteiger partial charge is 0.0464 e. The van der Waals surface area contributed by atoms with Gasteiger partial charge in [0.25, 0.3) is 0 Å². The first-order valence-electron chi connectivity index (χ1n) is 9.40. The highest BCUT2D eigenvalue weighted by Gasteiger charge is 2.58. The number of hydrogen-bond acceptors (Lipinski definition) is 1. The number of aliphatic hydroxyl groups is 1. The van der Waals surface area contributed by atoms with Gasteiger partial charge in [0.1, 0.15) is 0 Å². The largest absolute Gasteiger partial charge is 0.396 e. The third-order valence-corrected chi connectivity index (χ3v) is 8.44. The van der Waals surface area contributed by atoms with Gasteiger partial charge in [0.05, 0.1) is 0 Å². The minimum atomic E-state index is 0.423. The maximum absolute atomic E-state index is 9.80. The van der Waals surface area contributed by atoms with Crippen molar-refractivity contribution in [1.29, 1.82) is 0 Å². The van der Waals surface area contributed by atoms with Gasteiger partial charge in [0, 0.05) is 6.61 Å². The first kappa shape index (κ1) is 14.3. The molecule has 0 saturated heterocycles. The molecule has 4 aliphatic carbocycles. The van der Waals surface area contributed by atoms with E-state index in [1.807, 2.05) is 5.57 Å².